The summed E-state index contributed by atoms with van der Waals surface area (Å²) in [5.74, 6) is 1.89. The number of ether oxygens (including phenoxy) is 3. The van der Waals surface area contributed by atoms with Crippen molar-refractivity contribution >= 4 is 11.4 Å². The monoisotopic (exact) mass is 368 g/mol. The van der Waals surface area contributed by atoms with E-state index in [1.807, 2.05) is 19.1 Å². The molecule has 1 heterocycles. The van der Waals surface area contributed by atoms with Gasteiger partial charge in [0.2, 0.25) is 0 Å². The lowest BCUT2D eigenvalue weighted by Gasteiger charge is -2.20. The second kappa shape index (κ2) is 7.70. The maximum absolute atomic E-state index is 9.93. The van der Waals surface area contributed by atoms with Gasteiger partial charge in [0.05, 0.1) is 21.3 Å². The molecule has 142 valence electrons. The molecular formula is C21H24N2O4. The van der Waals surface area contributed by atoms with Crippen molar-refractivity contribution in [2.75, 3.05) is 21.3 Å². The largest absolute Gasteiger partial charge is 0.504 e. The van der Waals surface area contributed by atoms with Crippen molar-refractivity contribution in [3.8, 4) is 23.0 Å². The quantitative estimate of drug-likeness (QED) is 0.861. The predicted molar refractivity (Wildman–Crippen MR) is 106 cm³/mol. The fourth-order valence-corrected chi connectivity index (χ4v) is 3.42. The summed E-state index contributed by atoms with van der Waals surface area (Å²) in [6.45, 7) is 4.11. The predicted octanol–water partition coefficient (Wildman–Crippen LogP) is 4.14. The van der Waals surface area contributed by atoms with E-state index in [-0.39, 0.29) is 11.7 Å². The maximum Gasteiger partial charge on any atom is 0.161 e. The summed E-state index contributed by atoms with van der Waals surface area (Å²) in [7, 11) is 4.76. The number of hydrogen-bond donors (Lipinski definition) is 1. The van der Waals surface area contributed by atoms with Gasteiger partial charge in [-0.25, -0.2) is 0 Å². The topological polar surface area (TPSA) is 72.6 Å². The summed E-state index contributed by atoms with van der Waals surface area (Å²) in [5.41, 5.74) is 4.44. The Morgan fingerprint density at radius 1 is 0.926 bits per heavy atom. The molecule has 0 spiro atoms. The summed E-state index contributed by atoms with van der Waals surface area (Å²) in [6, 6.07) is 9.08. The number of nitrogens with zero attached hydrogens (tertiary/aromatic N) is 2. The first-order valence-corrected chi connectivity index (χ1v) is 8.79. The minimum absolute atomic E-state index is 0.0779. The first-order valence-electron chi connectivity index (χ1n) is 8.79. The van der Waals surface area contributed by atoms with Gasteiger partial charge in [-0.15, -0.1) is 5.10 Å². The van der Waals surface area contributed by atoms with Crippen LogP contribution in [0.3, 0.4) is 0 Å². The number of aromatic hydroxyl groups is 1. The van der Waals surface area contributed by atoms with Gasteiger partial charge in [-0.2, -0.15) is 5.10 Å². The SMILES string of the molecule is CC[C@@H]1C(C)=NN=C(c2ccc(O)c(OC)c2)c2cc(OC)c(OC)cc21. The van der Waals surface area contributed by atoms with Gasteiger partial charge in [0, 0.05) is 22.8 Å². The normalized spacial score (nSPS) is 16.0. The Kier molecular flexibility index (Phi) is 5.35. The van der Waals surface area contributed by atoms with Gasteiger partial charge in [-0.05, 0) is 49.2 Å². The summed E-state index contributed by atoms with van der Waals surface area (Å²) in [4.78, 5) is 0. The van der Waals surface area contributed by atoms with Crippen LogP contribution in [0.2, 0.25) is 0 Å². The van der Waals surface area contributed by atoms with Crippen molar-refractivity contribution in [3.05, 3.63) is 47.0 Å². The van der Waals surface area contributed by atoms with Crippen LogP contribution in [0.5, 0.6) is 23.0 Å². The van der Waals surface area contributed by atoms with Crippen LogP contribution in [0.4, 0.5) is 0 Å². The average molecular weight is 368 g/mol. The van der Waals surface area contributed by atoms with Gasteiger partial charge in [-0.1, -0.05) is 6.92 Å². The summed E-state index contributed by atoms with van der Waals surface area (Å²) < 4.78 is 16.3. The smallest absolute Gasteiger partial charge is 0.161 e. The molecule has 0 radical (unpaired) electrons. The Hall–Kier alpha value is -3.02. The lowest BCUT2D eigenvalue weighted by Crippen LogP contribution is -2.13. The minimum Gasteiger partial charge on any atom is -0.504 e. The molecule has 2 aromatic carbocycles. The first kappa shape index (κ1) is 18.8. The number of benzene rings is 2. The highest BCUT2D eigenvalue weighted by atomic mass is 16.5. The van der Waals surface area contributed by atoms with E-state index in [2.05, 4.69) is 17.1 Å². The molecule has 2 aromatic rings. The fourth-order valence-electron chi connectivity index (χ4n) is 3.42. The summed E-state index contributed by atoms with van der Waals surface area (Å²) >= 11 is 0. The first-order chi connectivity index (χ1) is 13.0. The van der Waals surface area contributed by atoms with Crippen LogP contribution in [0, 0.1) is 0 Å². The van der Waals surface area contributed by atoms with Crippen molar-refractivity contribution in [3.63, 3.8) is 0 Å². The number of phenolic OH excluding ortho intramolecular Hbond substituents is 1. The fraction of sp³-hybridized carbons (Fsp3) is 0.333. The Morgan fingerprint density at radius 3 is 2.22 bits per heavy atom. The van der Waals surface area contributed by atoms with E-state index in [1.165, 1.54) is 7.11 Å². The second-order valence-electron chi connectivity index (χ2n) is 6.33. The van der Waals surface area contributed by atoms with Crippen LogP contribution in [0.1, 0.15) is 42.9 Å². The molecule has 0 saturated carbocycles. The highest BCUT2D eigenvalue weighted by molar-refractivity contribution is 6.16. The van der Waals surface area contributed by atoms with E-state index in [0.717, 1.165) is 28.8 Å². The van der Waals surface area contributed by atoms with Crippen LogP contribution in [0.15, 0.2) is 40.5 Å². The van der Waals surface area contributed by atoms with Crippen LogP contribution in [-0.2, 0) is 0 Å². The Balaban J connectivity index is 2.27. The van der Waals surface area contributed by atoms with Crippen LogP contribution in [-0.4, -0.2) is 37.9 Å². The van der Waals surface area contributed by atoms with Gasteiger partial charge < -0.3 is 19.3 Å². The number of rotatable bonds is 5. The molecule has 0 saturated heterocycles. The zero-order chi connectivity index (χ0) is 19.6. The minimum atomic E-state index is 0.0779. The van der Waals surface area contributed by atoms with Crippen molar-refractivity contribution in [1.29, 1.82) is 0 Å². The van der Waals surface area contributed by atoms with Gasteiger partial charge in [0.15, 0.2) is 23.0 Å². The lowest BCUT2D eigenvalue weighted by molar-refractivity contribution is 0.354. The van der Waals surface area contributed by atoms with Crippen molar-refractivity contribution in [2.45, 2.75) is 26.2 Å². The van der Waals surface area contributed by atoms with Gasteiger partial charge in [-0.3, -0.25) is 0 Å². The molecule has 1 N–H and O–H groups in total. The average Bonchev–Trinajstić information content (AvgIpc) is 2.82. The molecule has 0 aliphatic carbocycles. The second-order valence-corrected chi connectivity index (χ2v) is 6.33. The van der Waals surface area contributed by atoms with Crippen molar-refractivity contribution in [1.82, 2.24) is 0 Å². The van der Waals surface area contributed by atoms with E-state index in [0.29, 0.717) is 23.0 Å². The molecule has 6 heteroatoms. The van der Waals surface area contributed by atoms with Crippen LogP contribution in [0.25, 0.3) is 0 Å². The number of hydrogen-bond acceptors (Lipinski definition) is 6. The molecule has 1 aliphatic rings. The zero-order valence-electron chi connectivity index (χ0n) is 16.2. The molecule has 0 aromatic heterocycles. The highest BCUT2D eigenvalue weighted by Crippen LogP contribution is 2.38. The Labute approximate surface area is 159 Å². The van der Waals surface area contributed by atoms with Gasteiger partial charge in [0.1, 0.15) is 5.71 Å². The standard InChI is InChI=1S/C21H24N2O4/c1-6-14-12(2)22-23-21(13-7-8-17(24)18(9-13)25-3)16-11-20(27-5)19(26-4)10-15(14)16/h7-11,14,24H,6H2,1-5H3/t14-/m1/s1. The summed E-state index contributed by atoms with van der Waals surface area (Å²) in [6.07, 6.45) is 0.888. The van der Waals surface area contributed by atoms with Crippen molar-refractivity contribution < 1.29 is 19.3 Å². The number of methoxy groups -OCH3 is 3. The molecule has 0 unspecified atom stereocenters. The molecule has 0 amide bonds. The third kappa shape index (κ3) is 3.35. The maximum atomic E-state index is 9.93. The van der Waals surface area contributed by atoms with E-state index in [9.17, 15) is 5.11 Å². The van der Waals surface area contributed by atoms with Crippen molar-refractivity contribution in [2.24, 2.45) is 10.2 Å². The molecule has 1 aliphatic heterocycles. The van der Waals surface area contributed by atoms with E-state index >= 15 is 0 Å². The van der Waals surface area contributed by atoms with E-state index in [1.54, 1.807) is 32.4 Å². The molecular weight excluding hydrogens is 344 g/mol. The summed E-state index contributed by atoms with van der Waals surface area (Å²) in [5, 5.41) is 18.9. The van der Waals surface area contributed by atoms with Gasteiger partial charge >= 0.3 is 0 Å². The molecule has 3 rings (SSSR count). The number of phenols is 1. The molecule has 27 heavy (non-hydrogen) atoms. The highest BCUT2D eigenvalue weighted by Gasteiger charge is 2.26. The Bertz CT molecular complexity index is 919. The third-order valence-corrected chi connectivity index (χ3v) is 4.86. The number of fused-ring (bicyclic) bond motifs is 1. The van der Waals surface area contributed by atoms with Crippen LogP contribution >= 0.6 is 0 Å². The van der Waals surface area contributed by atoms with Crippen LogP contribution < -0.4 is 14.2 Å². The Morgan fingerprint density at radius 2 is 1.59 bits per heavy atom. The zero-order valence-corrected chi connectivity index (χ0v) is 16.2. The van der Waals surface area contributed by atoms with E-state index < -0.39 is 0 Å². The molecule has 0 fully saturated rings. The molecule has 1 atom stereocenters. The molecule has 6 nitrogen and oxygen atoms in total. The lowest BCUT2D eigenvalue weighted by atomic mass is 9.85. The van der Waals surface area contributed by atoms with Gasteiger partial charge in [0.25, 0.3) is 0 Å². The third-order valence-electron chi connectivity index (χ3n) is 4.86. The molecule has 0 bridgehead atoms. The van der Waals surface area contributed by atoms with E-state index in [4.69, 9.17) is 14.2 Å².